The molecule has 9 heteroatoms. The third kappa shape index (κ3) is 5.14. The van der Waals surface area contributed by atoms with Crippen molar-refractivity contribution in [1.82, 2.24) is 10.3 Å². The Hall–Kier alpha value is -1.21. The third-order valence-electron chi connectivity index (χ3n) is 2.92. The second-order valence-corrected chi connectivity index (χ2v) is 5.89. The summed E-state index contributed by atoms with van der Waals surface area (Å²) in [5.74, 6) is 0.103. The number of anilines is 1. The Labute approximate surface area is 156 Å². The Bertz CT molecular complexity index is 679. The predicted octanol–water partition coefficient (Wildman–Crippen LogP) is 4.03. The van der Waals surface area contributed by atoms with E-state index in [0.717, 1.165) is 10.7 Å². The van der Waals surface area contributed by atoms with Crippen LogP contribution in [0.1, 0.15) is 34.0 Å². The number of thiazole rings is 1. The van der Waals surface area contributed by atoms with Crippen molar-refractivity contribution >= 4 is 59.3 Å². The topological polar surface area (TPSA) is 77.2 Å². The summed E-state index contributed by atoms with van der Waals surface area (Å²) in [5, 5.41) is 5.99. The van der Waals surface area contributed by atoms with E-state index in [-0.39, 0.29) is 36.8 Å². The van der Waals surface area contributed by atoms with Crippen molar-refractivity contribution in [3.05, 3.63) is 38.8 Å². The summed E-state index contributed by atoms with van der Waals surface area (Å²) in [4.78, 5) is 16.7. The van der Waals surface area contributed by atoms with Crippen LogP contribution in [-0.4, -0.2) is 18.0 Å². The number of benzene rings is 1. The summed E-state index contributed by atoms with van der Waals surface area (Å²) < 4.78 is 5.18. The van der Waals surface area contributed by atoms with E-state index < -0.39 is 0 Å². The molecule has 5 nitrogen and oxygen atoms in total. The Morgan fingerprint density at radius 1 is 1.43 bits per heavy atom. The number of hydrogen-bond acceptors (Lipinski definition) is 5. The highest BCUT2D eigenvalue weighted by Crippen LogP contribution is 2.29. The van der Waals surface area contributed by atoms with E-state index in [1.807, 2.05) is 19.2 Å². The van der Waals surface area contributed by atoms with Crippen LogP contribution in [0.3, 0.4) is 0 Å². The second-order valence-electron chi connectivity index (χ2n) is 4.60. The first kappa shape index (κ1) is 21.8. The Morgan fingerprint density at radius 3 is 2.61 bits per heavy atom. The minimum atomic E-state index is -0.283. The number of nitrogens with zero attached hydrogens (tertiary/aromatic N) is 1. The number of rotatable bonds is 4. The Morgan fingerprint density at radius 2 is 2.09 bits per heavy atom. The van der Waals surface area contributed by atoms with Crippen molar-refractivity contribution in [3.8, 4) is 5.75 Å². The fraction of sp³-hybridized carbons (Fsp3) is 0.286. The van der Waals surface area contributed by atoms with Gasteiger partial charge in [-0.25, -0.2) is 4.98 Å². The molecule has 1 atom stereocenters. The van der Waals surface area contributed by atoms with Crippen LogP contribution in [0.5, 0.6) is 5.75 Å². The summed E-state index contributed by atoms with van der Waals surface area (Å²) in [7, 11) is 1.48. The molecule has 2 rings (SSSR count). The minimum absolute atomic E-state index is 0. The lowest BCUT2D eigenvalue weighted by molar-refractivity contribution is 0.0937. The molecule has 1 heterocycles. The van der Waals surface area contributed by atoms with Gasteiger partial charge in [-0.1, -0.05) is 11.6 Å². The molecule has 0 saturated carbocycles. The highest BCUT2D eigenvalue weighted by Gasteiger charge is 2.18. The number of nitrogens with two attached hydrogens (primary N) is 1. The van der Waals surface area contributed by atoms with Crippen molar-refractivity contribution in [3.63, 3.8) is 0 Å². The molecule has 1 aromatic carbocycles. The van der Waals surface area contributed by atoms with Gasteiger partial charge in [0.2, 0.25) is 0 Å². The van der Waals surface area contributed by atoms with E-state index in [9.17, 15) is 4.79 Å². The van der Waals surface area contributed by atoms with Crippen LogP contribution < -0.4 is 15.8 Å². The maximum Gasteiger partial charge on any atom is 0.255 e. The van der Waals surface area contributed by atoms with Gasteiger partial charge in [0, 0.05) is 17.1 Å². The lowest BCUT2D eigenvalue weighted by Gasteiger charge is -2.14. The molecule has 0 aliphatic heterocycles. The van der Waals surface area contributed by atoms with Crippen molar-refractivity contribution in [2.45, 2.75) is 19.9 Å². The molecule has 3 N–H and O–H groups in total. The monoisotopic (exact) mass is 397 g/mol. The first-order chi connectivity index (χ1) is 9.92. The summed E-state index contributed by atoms with van der Waals surface area (Å²) in [6.45, 7) is 3.79. The van der Waals surface area contributed by atoms with Crippen molar-refractivity contribution < 1.29 is 9.53 Å². The molecule has 0 spiro atoms. The summed E-state index contributed by atoms with van der Waals surface area (Å²) >= 11 is 7.48. The number of nitrogen functional groups attached to an aromatic ring is 1. The SMILES string of the molecule is COc1cc(N)c(Cl)cc1C(=O)NC(C)c1nc(C)cs1.Cl.Cl. The van der Waals surface area contributed by atoms with Gasteiger partial charge in [-0.15, -0.1) is 36.2 Å². The molecule has 1 unspecified atom stereocenters. The third-order valence-corrected chi connectivity index (χ3v) is 4.39. The van der Waals surface area contributed by atoms with Crippen LogP contribution in [-0.2, 0) is 0 Å². The molecule has 0 saturated heterocycles. The van der Waals surface area contributed by atoms with Gasteiger partial charge >= 0.3 is 0 Å². The van der Waals surface area contributed by atoms with E-state index in [1.165, 1.54) is 30.6 Å². The number of carbonyl (C=O) groups excluding carboxylic acids is 1. The van der Waals surface area contributed by atoms with Crippen LogP contribution in [0.15, 0.2) is 17.5 Å². The van der Waals surface area contributed by atoms with Crippen LogP contribution in [0.25, 0.3) is 0 Å². The smallest absolute Gasteiger partial charge is 0.255 e. The standard InChI is InChI=1S/C14H16ClN3O2S.2ClH/c1-7-6-21-14(17-7)8(2)18-13(19)9-4-10(15)11(16)5-12(9)20-3;;/h4-6,8H,16H2,1-3H3,(H,18,19);2*1H. The van der Waals surface area contributed by atoms with Gasteiger partial charge in [0.15, 0.2) is 0 Å². The zero-order chi connectivity index (χ0) is 15.6. The molecule has 0 bridgehead atoms. The number of halogens is 3. The van der Waals surface area contributed by atoms with Crippen LogP contribution >= 0.6 is 47.8 Å². The maximum absolute atomic E-state index is 12.4. The molecular weight excluding hydrogens is 381 g/mol. The van der Waals surface area contributed by atoms with Crippen LogP contribution in [0.2, 0.25) is 5.02 Å². The molecule has 0 radical (unpaired) electrons. The average molecular weight is 399 g/mol. The van der Waals surface area contributed by atoms with E-state index in [2.05, 4.69) is 10.3 Å². The lowest BCUT2D eigenvalue weighted by atomic mass is 10.1. The highest BCUT2D eigenvalue weighted by molar-refractivity contribution is 7.09. The molecule has 23 heavy (non-hydrogen) atoms. The van der Waals surface area contributed by atoms with Gasteiger partial charge in [-0.2, -0.15) is 0 Å². The van der Waals surface area contributed by atoms with Crippen molar-refractivity contribution in [1.29, 1.82) is 0 Å². The first-order valence-corrected chi connectivity index (χ1v) is 7.54. The summed E-state index contributed by atoms with van der Waals surface area (Å²) in [6, 6.07) is 2.84. The zero-order valence-corrected chi connectivity index (χ0v) is 16.0. The molecular formula is C14H18Cl3N3O2S. The van der Waals surface area contributed by atoms with Gasteiger partial charge in [0.05, 0.1) is 29.4 Å². The number of nitrogens with one attached hydrogen (secondary N) is 1. The largest absolute Gasteiger partial charge is 0.496 e. The van der Waals surface area contributed by atoms with Gasteiger partial charge in [-0.3, -0.25) is 4.79 Å². The zero-order valence-electron chi connectivity index (χ0n) is 12.8. The predicted molar refractivity (Wildman–Crippen MR) is 99.6 cm³/mol. The molecule has 2 aromatic rings. The lowest BCUT2D eigenvalue weighted by Crippen LogP contribution is -2.27. The van der Waals surface area contributed by atoms with E-state index in [0.29, 0.717) is 22.0 Å². The molecule has 0 aliphatic carbocycles. The van der Waals surface area contributed by atoms with Crippen LogP contribution in [0, 0.1) is 6.92 Å². The highest BCUT2D eigenvalue weighted by atomic mass is 35.5. The summed E-state index contributed by atoms with van der Waals surface area (Å²) in [6.07, 6.45) is 0. The minimum Gasteiger partial charge on any atom is -0.496 e. The number of methoxy groups -OCH3 is 1. The number of aromatic nitrogens is 1. The number of carbonyl (C=O) groups is 1. The number of aryl methyl sites for hydroxylation is 1. The Kier molecular flexibility index (Phi) is 8.69. The van der Waals surface area contributed by atoms with Gasteiger partial charge in [0.25, 0.3) is 5.91 Å². The molecule has 128 valence electrons. The maximum atomic E-state index is 12.4. The number of hydrogen-bond donors (Lipinski definition) is 2. The van der Waals surface area contributed by atoms with Gasteiger partial charge < -0.3 is 15.8 Å². The quantitative estimate of drug-likeness (QED) is 0.762. The average Bonchev–Trinajstić information content (AvgIpc) is 2.88. The van der Waals surface area contributed by atoms with E-state index in [4.69, 9.17) is 22.1 Å². The summed E-state index contributed by atoms with van der Waals surface area (Å²) in [5.41, 5.74) is 7.36. The van der Waals surface area contributed by atoms with Crippen molar-refractivity contribution in [2.24, 2.45) is 0 Å². The number of amides is 1. The first-order valence-electron chi connectivity index (χ1n) is 6.28. The molecule has 1 aromatic heterocycles. The van der Waals surface area contributed by atoms with Gasteiger partial charge in [0.1, 0.15) is 10.8 Å². The molecule has 0 aliphatic rings. The molecule has 1 amide bonds. The Balaban J connectivity index is 0.00000242. The second kappa shape index (κ2) is 9.17. The van der Waals surface area contributed by atoms with E-state index in [1.54, 1.807) is 0 Å². The fourth-order valence-electron chi connectivity index (χ4n) is 1.82. The molecule has 0 fully saturated rings. The van der Waals surface area contributed by atoms with Crippen molar-refractivity contribution in [2.75, 3.05) is 12.8 Å². The number of ether oxygens (including phenoxy) is 1. The van der Waals surface area contributed by atoms with Crippen LogP contribution in [0.4, 0.5) is 5.69 Å². The van der Waals surface area contributed by atoms with Gasteiger partial charge in [-0.05, 0) is 19.9 Å². The normalized spacial score (nSPS) is 11.0. The fourth-order valence-corrected chi connectivity index (χ4v) is 2.79. The van der Waals surface area contributed by atoms with E-state index >= 15 is 0 Å².